The minimum absolute atomic E-state index is 0.200. The Morgan fingerprint density at radius 2 is 2.05 bits per heavy atom. The van der Waals surface area contributed by atoms with Gasteiger partial charge in [-0.05, 0) is 47.4 Å². The van der Waals surface area contributed by atoms with Crippen LogP contribution in [-0.2, 0) is 19.6 Å². The molecule has 1 heterocycles. The monoisotopic (exact) mass is 323 g/mol. The normalized spacial score (nSPS) is 31.7. The first kappa shape index (κ1) is 13.8. The third kappa shape index (κ3) is 1.47. The topological polar surface area (TPSA) is 63.2 Å². The van der Waals surface area contributed by atoms with Crippen molar-refractivity contribution < 1.29 is 22.0 Å². The third-order valence-corrected chi connectivity index (χ3v) is 6.91. The Labute approximate surface area is 125 Å². The Morgan fingerprint density at radius 1 is 1.27 bits per heavy atom. The van der Waals surface area contributed by atoms with Crippen molar-refractivity contribution in [3.63, 3.8) is 0 Å². The van der Waals surface area contributed by atoms with E-state index in [9.17, 15) is 22.0 Å². The van der Waals surface area contributed by atoms with Crippen molar-refractivity contribution in [3.05, 3.63) is 53.1 Å². The zero-order valence-corrected chi connectivity index (χ0v) is 12.1. The number of rotatable bonds is 0. The summed E-state index contributed by atoms with van der Waals surface area (Å²) in [5.74, 6) is -3.14. The molecule has 0 saturated carbocycles. The summed E-state index contributed by atoms with van der Waals surface area (Å²) >= 11 is 0. The van der Waals surface area contributed by atoms with Crippen LogP contribution < -0.4 is 4.72 Å². The van der Waals surface area contributed by atoms with Crippen molar-refractivity contribution in [2.45, 2.75) is 11.2 Å². The fraction of sp³-hybridized carbons (Fsp3) is 0.267. The van der Waals surface area contributed by atoms with Gasteiger partial charge in [-0.1, -0.05) is 6.07 Å². The van der Waals surface area contributed by atoms with E-state index in [-0.39, 0.29) is 13.0 Å². The molecule has 0 amide bonds. The van der Waals surface area contributed by atoms with E-state index < -0.39 is 38.1 Å². The van der Waals surface area contributed by atoms with Gasteiger partial charge in [-0.25, -0.2) is 21.9 Å². The number of nitrogens with one attached hydrogen (secondary N) is 1. The molecule has 2 aliphatic carbocycles. The molecule has 1 aromatic rings. The summed E-state index contributed by atoms with van der Waals surface area (Å²) < 4.78 is 53.7. The highest BCUT2D eigenvalue weighted by Gasteiger charge is 2.60. The minimum atomic E-state index is -3.81. The molecule has 3 aliphatic rings. The number of fused-ring (bicyclic) bond motifs is 5. The van der Waals surface area contributed by atoms with Gasteiger partial charge in [0, 0.05) is 12.5 Å². The number of allylic oxidation sites excluding steroid dienone is 4. The van der Waals surface area contributed by atoms with E-state index in [0.29, 0.717) is 16.7 Å². The van der Waals surface area contributed by atoms with Crippen molar-refractivity contribution in [3.8, 4) is 0 Å². The summed E-state index contributed by atoms with van der Waals surface area (Å²) in [4.78, 5) is 11.6. The maximum Gasteiger partial charge on any atom is 0.222 e. The Hall–Kier alpha value is -1.86. The van der Waals surface area contributed by atoms with Crippen molar-refractivity contribution >= 4 is 21.4 Å². The zero-order valence-electron chi connectivity index (χ0n) is 11.3. The molecule has 1 spiro atoms. The first-order valence-corrected chi connectivity index (χ1v) is 8.28. The number of carbonyl (C=O) groups excluding carboxylic acids is 1. The molecule has 2 atom stereocenters. The highest BCUT2D eigenvalue weighted by atomic mass is 32.2. The molecular formula is C15H11F2NO3S. The summed E-state index contributed by atoms with van der Waals surface area (Å²) in [5, 5.41) is 0. The van der Waals surface area contributed by atoms with Gasteiger partial charge in [-0.3, -0.25) is 4.79 Å². The molecule has 114 valence electrons. The lowest BCUT2D eigenvalue weighted by atomic mass is 9.84. The van der Waals surface area contributed by atoms with Gasteiger partial charge in [-0.15, -0.1) is 0 Å². The molecule has 22 heavy (non-hydrogen) atoms. The first-order chi connectivity index (χ1) is 10.4. The highest BCUT2D eigenvalue weighted by Crippen LogP contribution is 2.58. The van der Waals surface area contributed by atoms with Crippen LogP contribution >= 0.6 is 0 Å². The fourth-order valence-electron chi connectivity index (χ4n) is 3.77. The molecule has 1 N–H and O–H groups in total. The van der Waals surface area contributed by atoms with Gasteiger partial charge in [0.05, 0.1) is 0 Å². The van der Waals surface area contributed by atoms with E-state index in [1.54, 1.807) is 0 Å². The SMILES string of the molecule is O=C1C=C2c3ccc(F)cc3C3(CCNS3(=O)=O)C2C=C1F. The van der Waals surface area contributed by atoms with Gasteiger partial charge in [0.25, 0.3) is 0 Å². The molecule has 0 radical (unpaired) electrons. The molecule has 1 aliphatic heterocycles. The first-order valence-electron chi connectivity index (χ1n) is 6.80. The Balaban J connectivity index is 2.10. The number of benzene rings is 1. The van der Waals surface area contributed by atoms with Crippen LogP contribution in [0.2, 0.25) is 0 Å². The fourth-order valence-corrected chi connectivity index (χ4v) is 5.76. The van der Waals surface area contributed by atoms with Crippen molar-refractivity contribution in [2.24, 2.45) is 5.92 Å². The van der Waals surface area contributed by atoms with Crippen LogP contribution in [0.1, 0.15) is 17.5 Å². The number of hydrogen-bond acceptors (Lipinski definition) is 3. The van der Waals surface area contributed by atoms with Crippen molar-refractivity contribution in [1.82, 2.24) is 4.72 Å². The highest BCUT2D eigenvalue weighted by molar-refractivity contribution is 7.90. The van der Waals surface area contributed by atoms with Crippen LogP contribution in [0.4, 0.5) is 8.78 Å². The van der Waals surface area contributed by atoms with E-state index in [4.69, 9.17) is 0 Å². The van der Waals surface area contributed by atoms with Crippen molar-refractivity contribution in [1.29, 1.82) is 0 Å². The Kier molecular flexibility index (Phi) is 2.57. The second kappa shape index (κ2) is 4.11. The number of carbonyl (C=O) groups is 1. The van der Waals surface area contributed by atoms with Gasteiger partial charge < -0.3 is 0 Å². The van der Waals surface area contributed by atoms with Crippen LogP contribution in [0.15, 0.2) is 36.2 Å². The van der Waals surface area contributed by atoms with E-state index >= 15 is 0 Å². The van der Waals surface area contributed by atoms with Crippen LogP contribution in [-0.4, -0.2) is 20.7 Å². The van der Waals surface area contributed by atoms with Crippen LogP contribution in [0.3, 0.4) is 0 Å². The average molecular weight is 323 g/mol. The smallest absolute Gasteiger partial charge is 0.222 e. The van der Waals surface area contributed by atoms with Crippen molar-refractivity contribution in [2.75, 3.05) is 6.54 Å². The summed E-state index contributed by atoms with van der Waals surface area (Å²) in [7, 11) is -3.81. The van der Waals surface area contributed by atoms with E-state index in [1.165, 1.54) is 18.2 Å². The quantitative estimate of drug-likeness (QED) is 0.792. The van der Waals surface area contributed by atoms with Gasteiger partial charge in [0.1, 0.15) is 10.6 Å². The second-order valence-electron chi connectivity index (χ2n) is 5.68. The summed E-state index contributed by atoms with van der Waals surface area (Å²) in [6, 6.07) is 3.84. The lowest BCUT2D eigenvalue weighted by Gasteiger charge is -2.29. The largest absolute Gasteiger partial charge is 0.287 e. The summed E-state index contributed by atoms with van der Waals surface area (Å²) in [6.45, 7) is 0.200. The molecule has 1 aromatic carbocycles. The zero-order chi connectivity index (χ0) is 15.7. The Morgan fingerprint density at radius 3 is 2.73 bits per heavy atom. The van der Waals surface area contributed by atoms with Gasteiger partial charge in [0.2, 0.25) is 15.8 Å². The van der Waals surface area contributed by atoms with Gasteiger partial charge in [0.15, 0.2) is 5.83 Å². The van der Waals surface area contributed by atoms with Crippen LogP contribution in [0.25, 0.3) is 5.57 Å². The maximum atomic E-state index is 13.8. The lowest BCUT2D eigenvalue weighted by molar-refractivity contribution is -0.112. The third-order valence-electron chi connectivity index (χ3n) is 4.69. The second-order valence-corrected chi connectivity index (χ2v) is 7.71. The molecule has 7 heteroatoms. The van der Waals surface area contributed by atoms with Crippen LogP contribution in [0.5, 0.6) is 0 Å². The average Bonchev–Trinajstić information content (AvgIpc) is 2.89. The molecule has 4 nitrogen and oxygen atoms in total. The summed E-state index contributed by atoms with van der Waals surface area (Å²) in [6.07, 6.45) is 2.38. The summed E-state index contributed by atoms with van der Waals surface area (Å²) in [5.41, 5.74) is 1.23. The minimum Gasteiger partial charge on any atom is -0.287 e. The van der Waals surface area contributed by atoms with Gasteiger partial charge >= 0.3 is 0 Å². The van der Waals surface area contributed by atoms with E-state index in [0.717, 1.165) is 12.2 Å². The van der Waals surface area contributed by atoms with E-state index in [1.807, 2.05) is 0 Å². The maximum absolute atomic E-state index is 13.8. The Bertz CT molecular complexity index is 888. The predicted octanol–water partition coefficient (Wildman–Crippen LogP) is 1.79. The predicted molar refractivity (Wildman–Crippen MR) is 75.3 cm³/mol. The molecular weight excluding hydrogens is 312 g/mol. The molecule has 2 unspecified atom stereocenters. The lowest BCUT2D eigenvalue weighted by Crippen LogP contribution is -2.39. The molecule has 1 saturated heterocycles. The standard InChI is InChI=1S/C15H11F2NO3S/c16-8-1-2-9-10-6-14(19)13(17)7-12(10)15(11(9)5-8)3-4-18-22(15,20)21/h1-2,5-7,12,18H,3-4H2. The van der Waals surface area contributed by atoms with Gasteiger partial charge in [-0.2, -0.15) is 0 Å². The molecule has 0 bridgehead atoms. The number of ketones is 1. The molecule has 1 fully saturated rings. The number of hydrogen-bond donors (Lipinski definition) is 1. The number of sulfonamides is 1. The molecule has 4 rings (SSSR count). The molecule has 0 aromatic heterocycles. The van der Waals surface area contributed by atoms with Crippen LogP contribution in [0, 0.1) is 11.7 Å². The number of halogens is 2. The van der Waals surface area contributed by atoms with E-state index in [2.05, 4.69) is 4.72 Å².